The quantitative estimate of drug-likeness (QED) is 0.683. The normalized spacial score (nSPS) is 15.0. The Kier molecular flexibility index (Phi) is 5.81. The lowest BCUT2D eigenvalue weighted by Gasteiger charge is -2.34. The van der Waals surface area contributed by atoms with E-state index in [-0.39, 0.29) is 17.9 Å². The van der Waals surface area contributed by atoms with Crippen LogP contribution in [0.15, 0.2) is 48.5 Å². The van der Waals surface area contributed by atoms with Crippen molar-refractivity contribution < 1.29 is 9.59 Å². The highest BCUT2D eigenvalue weighted by Gasteiger charge is 2.25. The Bertz CT molecular complexity index is 1050. The van der Waals surface area contributed by atoms with Crippen LogP contribution in [0.5, 0.6) is 0 Å². The Morgan fingerprint density at radius 2 is 1.80 bits per heavy atom. The molecule has 1 aliphatic heterocycles. The van der Waals surface area contributed by atoms with Crippen LogP contribution in [0.1, 0.15) is 24.3 Å². The number of hydrogen-bond acceptors (Lipinski definition) is 4. The van der Waals surface area contributed by atoms with E-state index < -0.39 is 0 Å². The van der Waals surface area contributed by atoms with Gasteiger partial charge in [-0.05, 0) is 30.7 Å². The number of aromatic nitrogens is 2. The molecule has 0 radical (unpaired) electrons. The van der Waals surface area contributed by atoms with E-state index in [1.165, 1.54) is 0 Å². The van der Waals surface area contributed by atoms with Gasteiger partial charge in [0.1, 0.15) is 5.69 Å². The Balaban J connectivity index is 1.41. The smallest absolute Gasteiger partial charge is 0.271 e. The fraction of sp³-hybridized carbons (Fsp3) is 0.348. The Hall–Kier alpha value is -3.19. The first-order chi connectivity index (χ1) is 14.5. The molecule has 0 unspecified atom stereocenters. The maximum Gasteiger partial charge on any atom is 0.271 e. The summed E-state index contributed by atoms with van der Waals surface area (Å²) in [5, 5.41) is 12.5. The molecule has 2 amide bonds. The minimum Gasteiger partial charge on any atom is -0.353 e. The predicted molar refractivity (Wildman–Crippen MR) is 117 cm³/mol. The van der Waals surface area contributed by atoms with Gasteiger partial charge in [0, 0.05) is 37.8 Å². The van der Waals surface area contributed by atoms with Gasteiger partial charge in [0.05, 0.1) is 12.2 Å². The second-order valence-electron chi connectivity index (χ2n) is 7.98. The highest BCUT2D eigenvalue weighted by atomic mass is 16.2. The molecule has 2 aromatic carbocycles. The van der Waals surface area contributed by atoms with Crippen molar-refractivity contribution in [1.82, 2.24) is 25.3 Å². The van der Waals surface area contributed by atoms with Gasteiger partial charge in [-0.15, -0.1) is 0 Å². The molecule has 0 saturated carbocycles. The number of nitrogens with one attached hydrogen (secondary N) is 2. The van der Waals surface area contributed by atoms with E-state index in [0.717, 1.165) is 22.0 Å². The molecule has 0 aliphatic carbocycles. The number of piperazine rings is 1. The molecular formula is C23H27N5O2. The van der Waals surface area contributed by atoms with Crippen molar-refractivity contribution >= 4 is 22.6 Å². The van der Waals surface area contributed by atoms with Crippen molar-refractivity contribution in [1.29, 1.82) is 0 Å². The van der Waals surface area contributed by atoms with Crippen molar-refractivity contribution in [3.05, 3.63) is 54.2 Å². The molecule has 1 fully saturated rings. The van der Waals surface area contributed by atoms with Gasteiger partial charge in [-0.3, -0.25) is 19.6 Å². The lowest BCUT2D eigenvalue weighted by atomic mass is 10.0. The first kappa shape index (κ1) is 20.1. The minimum atomic E-state index is -0.0553. The van der Waals surface area contributed by atoms with Gasteiger partial charge in [0.2, 0.25) is 5.91 Å². The Labute approximate surface area is 176 Å². The second-order valence-corrected chi connectivity index (χ2v) is 7.98. The van der Waals surface area contributed by atoms with Crippen LogP contribution in [0.2, 0.25) is 0 Å². The monoisotopic (exact) mass is 405 g/mol. The zero-order valence-corrected chi connectivity index (χ0v) is 17.4. The molecule has 0 bridgehead atoms. The minimum absolute atomic E-state index is 0.0260. The van der Waals surface area contributed by atoms with Crippen molar-refractivity contribution in [3.63, 3.8) is 0 Å². The Morgan fingerprint density at radius 1 is 1.07 bits per heavy atom. The fourth-order valence-corrected chi connectivity index (χ4v) is 3.87. The number of nitrogens with zero attached hydrogens (tertiary/aromatic N) is 3. The van der Waals surface area contributed by atoms with E-state index in [4.69, 9.17) is 0 Å². The van der Waals surface area contributed by atoms with Crippen molar-refractivity contribution in [2.24, 2.45) is 0 Å². The van der Waals surface area contributed by atoms with Gasteiger partial charge < -0.3 is 10.2 Å². The SMILES string of the molecule is CC(C)NC(=O)CN1CCN(C(=O)c2cc(-c3cccc4ccccc34)n[nH]2)CC1. The zero-order chi connectivity index (χ0) is 21.1. The van der Waals surface area contributed by atoms with E-state index in [1.54, 1.807) is 0 Å². The van der Waals surface area contributed by atoms with E-state index in [9.17, 15) is 9.59 Å². The molecule has 4 rings (SSSR count). The van der Waals surface area contributed by atoms with Crippen LogP contribution in [0.4, 0.5) is 0 Å². The second kappa shape index (κ2) is 8.67. The first-order valence-electron chi connectivity index (χ1n) is 10.4. The van der Waals surface area contributed by atoms with Gasteiger partial charge in [-0.2, -0.15) is 5.10 Å². The van der Waals surface area contributed by atoms with Crippen molar-refractivity contribution in [3.8, 4) is 11.3 Å². The van der Waals surface area contributed by atoms with Crippen molar-refractivity contribution in [2.45, 2.75) is 19.9 Å². The molecule has 1 saturated heterocycles. The Morgan fingerprint density at radius 3 is 2.57 bits per heavy atom. The molecule has 2 N–H and O–H groups in total. The van der Waals surface area contributed by atoms with Gasteiger partial charge in [-0.25, -0.2) is 0 Å². The summed E-state index contributed by atoms with van der Waals surface area (Å²) in [5.74, 6) is -0.0293. The molecule has 7 heteroatoms. The number of carbonyl (C=O) groups excluding carboxylic acids is 2. The molecule has 0 atom stereocenters. The zero-order valence-electron chi connectivity index (χ0n) is 17.4. The summed E-state index contributed by atoms with van der Waals surface area (Å²) in [4.78, 5) is 28.8. The third-order valence-corrected chi connectivity index (χ3v) is 5.35. The van der Waals surface area contributed by atoms with Crippen LogP contribution < -0.4 is 5.32 Å². The summed E-state index contributed by atoms with van der Waals surface area (Å²) in [6.45, 7) is 6.82. The third kappa shape index (κ3) is 4.36. The lowest BCUT2D eigenvalue weighted by molar-refractivity contribution is -0.123. The number of H-pyrrole nitrogens is 1. The van der Waals surface area contributed by atoms with Crippen LogP contribution in [0.3, 0.4) is 0 Å². The molecular weight excluding hydrogens is 378 g/mol. The lowest BCUT2D eigenvalue weighted by Crippen LogP contribution is -2.51. The van der Waals surface area contributed by atoms with Gasteiger partial charge in [0.25, 0.3) is 5.91 Å². The summed E-state index contributed by atoms with van der Waals surface area (Å²) in [7, 11) is 0. The molecule has 0 spiro atoms. The number of carbonyl (C=O) groups is 2. The largest absolute Gasteiger partial charge is 0.353 e. The highest BCUT2D eigenvalue weighted by molar-refractivity contribution is 5.98. The van der Waals surface area contributed by atoms with E-state index in [2.05, 4.69) is 38.6 Å². The summed E-state index contributed by atoms with van der Waals surface area (Å²) in [6, 6.07) is 16.2. The molecule has 7 nitrogen and oxygen atoms in total. The fourth-order valence-electron chi connectivity index (χ4n) is 3.87. The summed E-state index contributed by atoms with van der Waals surface area (Å²) < 4.78 is 0. The number of hydrogen-bond donors (Lipinski definition) is 2. The topological polar surface area (TPSA) is 81.3 Å². The summed E-state index contributed by atoms with van der Waals surface area (Å²) >= 11 is 0. The van der Waals surface area contributed by atoms with E-state index in [0.29, 0.717) is 38.4 Å². The van der Waals surface area contributed by atoms with E-state index >= 15 is 0 Å². The average molecular weight is 406 g/mol. The van der Waals surface area contributed by atoms with Crippen LogP contribution in [-0.2, 0) is 4.79 Å². The van der Waals surface area contributed by atoms with Gasteiger partial charge in [0.15, 0.2) is 0 Å². The molecule has 2 heterocycles. The highest BCUT2D eigenvalue weighted by Crippen LogP contribution is 2.27. The van der Waals surface area contributed by atoms with E-state index in [1.807, 2.05) is 49.1 Å². The third-order valence-electron chi connectivity index (χ3n) is 5.35. The van der Waals surface area contributed by atoms with Crippen LogP contribution >= 0.6 is 0 Å². The maximum absolute atomic E-state index is 12.9. The number of benzene rings is 2. The first-order valence-corrected chi connectivity index (χ1v) is 10.4. The summed E-state index contributed by atoms with van der Waals surface area (Å²) in [6.07, 6.45) is 0. The molecule has 156 valence electrons. The maximum atomic E-state index is 12.9. The number of amides is 2. The molecule has 30 heavy (non-hydrogen) atoms. The predicted octanol–water partition coefficient (Wildman–Crippen LogP) is 2.51. The number of fused-ring (bicyclic) bond motifs is 1. The van der Waals surface area contributed by atoms with Crippen LogP contribution in [0.25, 0.3) is 22.0 Å². The average Bonchev–Trinajstić information content (AvgIpc) is 3.23. The standard InChI is InChI=1S/C23H27N5O2/c1-16(2)24-22(29)15-27-10-12-28(13-11-27)23(30)21-14-20(25-26-21)19-9-5-7-17-6-3-4-8-18(17)19/h3-9,14,16H,10-13,15H2,1-2H3,(H,24,29)(H,25,26). The van der Waals surface area contributed by atoms with Gasteiger partial charge in [-0.1, -0.05) is 42.5 Å². The van der Waals surface area contributed by atoms with Gasteiger partial charge >= 0.3 is 0 Å². The number of aromatic amines is 1. The molecule has 1 aliphatic rings. The molecule has 1 aromatic heterocycles. The number of rotatable bonds is 5. The van der Waals surface area contributed by atoms with Crippen molar-refractivity contribution in [2.75, 3.05) is 32.7 Å². The molecule has 3 aromatic rings. The summed E-state index contributed by atoms with van der Waals surface area (Å²) in [5.41, 5.74) is 2.26. The van der Waals surface area contributed by atoms with Crippen LogP contribution in [-0.4, -0.2) is 70.6 Å². The van der Waals surface area contributed by atoms with Crippen LogP contribution in [0, 0.1) is 0 Å².